The molecule has 76 heavy (non-hydrogen) atoms. The van der Waals surface area contributed by atoms with Gasteiger partial charge in [0.1, 0.15) is 0 Å². The van der Waals surface area contributed by atoms with Crippen LogP contribution in [-0.4, -0.2) is 47.4 Å². The van der Waals surface area contributed by atoms with E-state index in [1.165, 1.54) is 295 Å². The lowest BCUT2D eigenvalue weighted by molar-refractivity contribution is -0.143. The van der Waals surface area contributed by atoms with Gasteiger partial charge in [-0.2, -0.15) is 0 Å². The molecule has 2 unspecified atom stereocenters. The number of aliphatic hydroxyl groups is 2. The van der Waals surface area contributed by atoms with Crippen molar-refractivity contribution in [3.63, 3.8) is 0 Å². The summed E-state index contributed by atoms with van der Waals surface area (Å²) in [5.41, 5.74) is 0. The molecule has 0 bridgehead atoms. The smallest absolute Gasteiger partial charge is 0.305 e. The molecule has 0 fully saturated rings. The van der Waals surface area contributed by atoms with Crippen molar-refractivity contribution in [3.05, 3.63) is 36.5 Å². The third-order valence-corrected chi connectivity index (χ3v) is 15.9. The number of hydrogen-bond acceptors (Lipinski definition) is 5. The van der Waals surface area contributed by atoms with E-state index in [2.05, 4.69) is 43.5 Å². The summed E-state index contributed by atoms with van der Waals surface area (Å²) in [4.78, 5) is 24.6. The molecule has 0 radical (unpaired) electrons. The zero-order valence-electron chi connectivity index (χ0n) is 51.3. The molecule has 0 aliphatic heterocycles. The molecule has 0 heterocycles. The van der Waals surface area contributed by atoms with Gasteiger partial charge in [-0.15, -0.1) is 0 Å². The second-order valence-corrected chi connectivity index (χ2v) is 23.5. The Labute approximate surface area is 474 Å². The summed E-state index contributed by atoms with van der Waals surface area (Å²) in [5, 5.41) is 23.3. The topological polar surface area (TPSA) is 95.9 Å². The second-order valence-electron chi connectivity index (χ2n) is 23.5. The first-order valence-corrected chi connectivity index (χ1v) is 34.3. The van der Waals surface area contributed by atoms with Crippen LogP contribution < -0.4 is 5.32 Å². The lowest BCUT2D eigenvalue weighted by Gasteiger charge is -2.20. The monoisotopic (exact) mass is 1070 g/mol. The number of rotatable bonds is 64. The number of carbonyl (C=O) groups excluding carboxylic acids is 2. The molecule has 6 nitrogen and oxygen atoms in total. The van der Waals surface area contributed by atoms with E-state index < -0.39 is 12.1 Å². The van der Waals surface area contributed by atoms with E-state index in [-0.39, 0.29) is 18.5 Å². The van der Waals surface area contributed by atoms with Gasteiger partial charge in [-0.25, -0.2) is 0 Å². The van der Waals surface area contributed by atoms with E-state index in [1.54, 1.807) is 6.08 Å². The molecule has 0 saturated carbocycles. The van der Waals surface area contributed by atoms with Crippen LogP contribution in [0, 0.1) is 0 Å². The SMILES string of the molecule is CCCCCCCC/C=C\CCCCCCCC(=O)OCCCCCCCCCCC/C=C\CCCCCCCCCC(=O)NC(CO)C(O)/C=C/CCCCCCCCCCCCCCCCCCCCCCCC. The predicted molar refractivity (Wildman–Crippen MR) is 333 cm³/mol. The highest BCUT2D eigenvalue weighted by Gasteiger charge is 2.18. The molecule has 0 saturated heterocycles. The lowest BCUT2D eigenvalue weighted by atomic mass is 10.0. The Morgan fingerprint density at radius 1 is 0.355 bits per heavy atom. The molecule has 0 aromatic heterocycles. The van der Waals surface area contributed by atoms with Crippen molar-refractivity contribution in [2.75, 3.05) is 13.2 Å². The Morgan fingerprint density at radius 2 is 0.618 bits per heavy atom. The summed E-state index contributed by atoms with van der Waals surface area (Å²) in [6.07, 6.45) is 83.5. The average molecular weight is 1070 g/mol. The highest BCUT2D eigenvalue weighted by Crippen LogP contribution is 2.18. The van der Waals surface area contributed by atoms with Crippen LogP contribution in [0.5, 0.6) is 0 Å². The maximum atomic E-state index is 12.5. The molecule has 6 heteroatoms. The zero-order chi connectivity index (χ0) is 55.0. The van der Waals surface area contributed by atoms with Gasteiger partial charge in [0.2, 0.25) is 5.91 Å². The van der Waals surface area contributed by atoms with Crippen LogP contribution in [-0.2, 0) is 14.3 Å². The normalized spacial score (nSPS) is 12.7. The Bertz CT molecular complexity index is 1230. The molecular weight excluding hydrogens is 935 g/mol. The number of allylic oxidation sites excluding steroid dienone is 5. The van der Waals surface area contributed by atoms with Crippen molar-refractivity contribution < 1.29 is 24.5 Å². The minimum absolute atomic E-state index is 0.00185. The summed E-state index contributed by atoms with van der Waals surface area (Å²) >= 11 is 0. The number of amides is 1. The molecule has 0 rings (SSSR count). The van der Waals surface area contributed by atoms with E-state index in [9.17, 15) is 19.8 Å². The number of hydrogen-bond donors (Lipinski definition) is 3. The summed E-state index contributed by atoms with van der Waals surface area (Å²) in [6.45, 7) is 4.91. The van der Waals surface area contributed by atoms with Crippen molar-refractivity contribution in [2.45, 2.75) is 386 Å². The van der Waals surface area contributed by atoms with Gasteiger partial charge in [0.25, 0.3) is 0 Å². The molecule has 3 N–H and O–H groups in total. The fourth-order valence-corrected chi connectivity index (χ4v) is 10.6. The van der Waals surface area contributed by atoms with Crippen molar-refractivity contribution in [3.8, 4) is 0 Å². The first-order valence-electron chi connectivity index (χ1n) is 34.3. The van der Waals surface area contributed by atoms with Crippen LogP contribution in [0.15, 0.2) is 36.5 Å². The molecule has 0 aromatic carbocycles. The van der Waals surface area contributed by atoms with Gasteiger partial charge in [0, 0.05) is 12.8 Å². The maximum Gasteiger partial charge on any atom is 0.305 e. The second kappa shape index (κ2) is 65.6. The molecule has 0 spiro atoms. The van der Waals surface area contributed by atoms with E-state index in [0.717, 1.165) is 51.4 Å². The average Bonchev–Trinajstić information content (AvgIpc) is 3.42. The van der Waals surface area contributed by atoms with Crippen LogP contribution in [0.3, 0.4) is 0 Å². The van der Waals surface area contributed by atoms with Gasteiger partial charge in [-0.05, 0) is 83.5 Å². The standard InChI is InChI=1S/C70H133NO5/c1-3-5-7-9-11-13-15-17-19-20-21-22-23-24-25-28-31-35-38-42-46-50-54-58-62-68(73)67(66-72)71-69(74)63-59-55-51-47-43-39-36-32-29-26-27-30-33-37-41-45-49-53-57-61-65-76-70(75)64-60-56-52-48-44-40-34-18-16-14-12-10-8-6-4-2/h18,26,29,34,58,62,67-68,72-73H,3-17,19-25,27-28,30-33,35-57,59-61,63-66H2,1-2H3,(H,71,74)/b29-26-,34-18-,62-58+. The quantitative estimate of drug-likeness (QED) is 0.0320. The van der Waals surface area contributed by atoms with Crippen molar-refractivity contribution in [1.29, 1.82) is 0 Å². The molecule has 1 amide bonds. The summed E-state index contributed by atoms with van der Waals surface area (Å²) in [6, 6.07) is -0.636. The largest absolute Gasteiger partial charge is 0.466 e. The van der Waals surface area contributed by atoms with Crippen LogP contribution in [0.1, 0.15) is 373 Å². The first-order chi connectivity index (χ1) is 37.5. The number of aliphatic hydroxyl groups excluding tert-OH is 2. The van der Waals surface area contributed by atoms with E-state index in [0.29, 0.717) is 19.4 Å². The Morgan fingerprint density at radius 3 is 0.934 bits per heavy atom. The molecule has 448 valence electrons. The van der Waals surface area contributed by atoms with E-state index >= 15 is 0 Å². The highest BCUT2D eigenvalue weighted by atomic mass is 16.5. The Balaban J connectivity index is 3.46. The van der Waals surface area contributed by atoms with Crippen LogP contribution >= 0.6 is 0 Å². The number of carbonyl (C=O) groups is 2. The maximum absolute atomic E-state index is 12.5. The minimum atomic E-state index is -0.852. The fraction of sp³-hybridized carbons (Fsp3) is 0.886. The van der Waals surface area contributed by atoms with Crippen molar-refractivity contribution in [1.82, 2.24) is 5.32 Å². The summed E-state index contributed by atoms with van der Waals surface area (Å²) in [7, 11) is 0. The predicted octanol–water partition coefficient (Wildman–Crippen LogP) is 21.9. The minimum Gasteiger partial charge on any atom is -0.466 e. The Kier molecular flexibility index (Phi) is 63.9. The van der Waals surface area contributed by atoms with E-state index in [1.807, 2.05) is 6.08 Å². The van der Waals surface area contributed by atoms with Gasteiger partial charge in [-0.3, -0.25) is 9.59 Å². The first kappa shape index (κ1) is 74.1. The summed E-state index contributed by atoms with van der Waals surface area (Å²) in [5.74, 6) is -0.0751. The van der Waals surface area contributed by atoms with Crippen LogP contribution in [0.25, 0.3) is 0 Å². The van der Waals surface area contributed by atoms with E-state index in [4.69, 9.17) is 4.74 Å². The number of esters is 1. The number of unbranched alkanes of at least 4 members (excludes halogenated alkanes) is 49. The van der Waals surface area contributed by atoms with Crippen molar-refractivity contribution >= 4 is 11.9 Å². The van der Waals surface area contributed by atoms with Gasteiger partial charge in [0.15, 0.2) is 0 Å². The third kappa shape index (κ3) is 61.3. The molecule has 0 aliphatic carbocycles. The zero-order valence-corrected chi connectivity index (χ0v) is 51.3. The van der Waals surface area contributed by atoms with Crippen LogP contribution in [0.2, 0.25) is 0 Å². The van der Waals surface area contributed by atoms with Crippen molar-refractivity contribution in [2.24, 2.45) is 0 Å². The molecule has 2 atom stereocenters. The molecule has 0 aromatic rings. The highest BCUT2D eigenvalue weighted by molar-refractivity contribution is 5.76. The molecular formula is C70H133NO5. The number of ether oxygens (including phenoxy) is 1. The third-order valence-electron chi connectivity index (χ3n) is 15.9. The van der Waals surface area contributed by atoms with Gasteiger partial charge >= 0.3 is 5.97 Å². The van der Waals surface area contributed by atoms with Gasteiger partial charge < -0.3 is 20.3 Å². The van der Waals surface area contributed by atoms with Gasteiger partial charge in [-0.1, -0.05) is 314 Å². The molecule has 0 aliphatic rings. The number of nitrogens with one attached hydrogen (secondary N) is 1. The van der Waals surface area contributed by atoms with Crippen LogP contribution in [0.4, 0.5) is 0 Å². The fourth-order valence-electron chi connectivity index (χ4n) is 10.6. The lowest BCUT2D eigenvalue weighted by Crippen LogP contribution is -2.45. The van der Waals surface area contributed by atoms with Gasteiger partial charge in [0.05, 0.1) is 25.4 Å². The summed E-state index contributed by atoms with van der Waals surface area (Å²) < 4.78 is 5.48. The Hall–Kier alpha value is -1.92.